The molecule has 19 heavy (non-hydrogen) atoms. The molecule has 102 valence electrons. The highest BCUT2D eigenvalue weighted by molar-refractivity contribution is 5.83. The second-order valence-electron chi connectivity index (χ2n) is 6.00. The van der Waals surface area contributed by atoms with Crippen LogP contribution in [0.5, 0.6) is 0 Å². The normalized spacial score (nSPS) is 11.8. The van der Waals surface area contributed by atoms with Crippen LogP contribution in [0, 0.1) is 19.3 Å². The fourth-order valence-corrected chi connectivity index (χ4v) is 2.03. The highest BCUT2D eigenvalue weighted by Crippen LogP contribution is 2.24. The van der Waals surface area contributed by atoms with E-state index in [2.05, 4.69) is 47.8 Å². The molecule has 0 unspecified atom stereocenters. The first-order valence-corrected chi connectivity index (χ1v) is 6.53. The Hall–Kier alpha value is -1.84. The minimum Gasteiger partial charge on any atom is -0.384 e. The van der Waals surface area contributed by atoms with Gasteiger partial charge >= 0.3 is 0 Å². The van der Waals surface area contributed by atoms with Gasteiger partial charge in [0.15, 0.2) is 0 Å². The minimum absolute atomic E-state index is 0.0547. The topological polar surface area (TPSA) is 53.6 Å². The number of nitrogens with zero attached hydrogens (tertiary/aromatic N) is 2. The van der Waals surface area contributed by atoms with E-state index in [9.17, 15) is 0 Å². The Labute approximate surface area is 114 Å². The van der Waals surface area contributed by atoms with Crippen molar-refractivity contribution in [2.75, 3.05) is 0 Å². The van der Waals surface area contributed by atoms with Crippen LogP contribution in [-0.4, -0.2) is 15.2 Å². The van der Waals surface area contributed by atoms with Crippen molar-refractivity contribution < 1.29 is 0 Å². The van der Waals surface area contributed by atoms with Crippen molar-refractivity contribution in [3.8, 4) is 0 Å². The van der Waals surface area contributed by atoms with E-state index in [4.69, 9.17) is 0 Å². The molecule has 0 saturated carbocycles. The van der Waals surface area contributed by atoms with Gasteiger partial charge in [-0.3, -0.25) is 10.1 Å². The van der Waals surface area contributed by atoms with Gasteiger partial charge in [0, 0.05) is 40.0 Å². The summed E-state index contributed by atoms with van der Waals surface area (Å²) in [6, 6.07) is 0. The summed E-state index contributed by atoms with van der Waals surface area (Å²) in [5.41, 5.74) is 5.35. The first-order valence-electron chi connectivity index (χ1n) is 6.53. The van der Waals surface area contributed by atoms with Crippen LogP contribution in [0.4, 0.5) is 0 Å². The van der Waals surface area contributed by atoms with Crippen molar-refractivity contribution in [1.29, 1.82) is 0 Å². The molecule has 0 saturated heterocycles. The van der Waals surface area contributed by atoms with Gasteiger partial charge < -0.3 is 5.32 Å². The molecule has 0 amide bonds. The van der Waals surface area contributed by atoms with E-state index in [-0.39, 0.29) is 5.41 Å². The lowest BCUT2D eigenvalue weighted by Gasteiger charge is -2.23. The Kier molecular flexibility index (Phi) is 3.35. The van der Waals surface area contributed by atoms with Gasteiger partial charge in [-0.25, -0.2) is 0 Å². The smallest absolute Gasteiger partial charge is 0.0736 e. The molecular weight excluding hydrogens is 236 g/mol. The van der Waals surface area contributed by atoms with E-state index in [1.807, 2.05) is 20.0 Å². The lowest BCUT2D eigenvalue weighted by molar-refractivity contribution is 0.461. The summed E-state index contributed by atoms with van der Waals surface area (Å²) < 4.78 is 0. The van der Waals surface area contributed by atoms with Crippen molar-refractivity contribution >= 4 is 10.9 Å². The van der Waals surface area contributed by atoms with Crippen LogP contribution >= 0.6 is 0 Å². The molecule has 0 aliphatic heterocycles. The van der Waals surface area contributed by atoms with Crippen LogP contribution in [0.25, 0.3) is 10.9 Å². The highest BCUT2D eigenvalue weighted by atomic mass is 15.1. The second-order valence-corrected chi connectivity index (χ2v) is 6.00. The van der Waals surface area contributed by atoms with Crippen LogP contribution in [0.3, 0.4) is 0 Å². The summed E-state index contributed by atoms with van der Waals surface area (Å²) in [7, 11) is 0. The lowest BCUT2D eigenvalue weighted by atomic mass is 9.93. The average molecular weight is 258 g/mol. The number of aromatic nitrogens is 3. The third-order valence-electron chi connectivity index (χ3n) is 3.49. The van der Waals surface area contributed by atoms with Gasteiger partial charge in [-0.2, -0.15) is 5.10 Å². The van der Waals surface area contributed by atoms with E-state index in [1.54, 1.807) is 0 Å². The number of pyridine rings is 1. The quantitative estimate of drug-likeness (QED) is 0.888. The monoisotopic (exact) mass is 258 g/mol. The maximum absolute atomic E-state index is 4.58. The van der Waals surface area contributed by atoms with Gasteiger partial charge in [0.1, 0.15) is 0 Å². The largest absolute Gasteiger partial charge is 0.384 e. The molecule has 0 atom stereocenters. The number of aryl methyl sites for hydroxylation is 2. The maximum atomic E-state index is 4.58. The molecule has 2 aromatic rings. The number of allylic oxidation sites excluding steroid dienone is 1. The van der Waals surface area contributed by atoms with Gasteiger partial charge in [0.2, 0.25) is 0 Å². The predicted octanol–water partition coefficient (Wildman–Crippen LogP) is 3.22. The number of H-pyrrole nitrogens is 1. The number of rotatable bonds is 3. The summed E-state index contributed by atoms with van der Waals surface area (Å²) in [6.07, 6.45) is 1.83. The van der Waals surface area contributed by atoms with Crippen LogP contribution in [0.1, 0.15) is 37.7 Å². The zero-order chi connectivity index (χ0) is 14.2. The SMILES string of the molecule is C=C(NCc1c(C)nc(C)c2cn[nH]c12)C(C)(C)C. The molecule has 2 rings (SSSR count). The van der Waals surface area contributed by atoms with Crippen LogP contribution in [0.2, 0.25) is 0 Å². The summed E-state index contributed by atoms with van der Waals surface area (Å²) in [5.74, 6) is 0. The predicted molar refractivity (Wildman–Crippen MR) is 78.8 cm³/mol. The second kappa shape index (κ2) is 4.68. The molecule has 2 N–H and O–H groups in total. The first-order chi connectivity index (χ1) is 8.80. The third-order valence-corrected chi connectivity index (χ3v) is 3.49. The van der Waals surface area contributed by atoms with E-state index < -0.39 is 0 Å². The molecule has 2 heterocycles. The number of hydrogen-bond acceptors (Lipinski definition) is 3. The minimum atomic E-state index is 0.0547. The molecule has 0 aliphatic carbocycles. The van der Waals surface area contributed by atoms with E-state index >= 15 is 0 Å². The van der Waals surface area contributed by atoms with Crippen molar-refractivity contribution in [3.05, 3.63) is 35.4 Å². The fraction of sp³-hybridized carbons (Fsp3) is 0.467. The van der Waals surface area contributed by atoms with Gasteiger partial charge in [0.05, 0.1) is 11.7 Å². The number of fused-ring (bicyclic) bond motifs is 1. The van der Waals surface area contributed by atoms with E-state index in [0.717, 1.165) is 33.6 Å². The molecule has 0 spiro atoms. The Morgan fingerprint density at radius 3 is 2.63 bits per heavy atom. The number of hydrogen-bond donors (Lipinski definition) is 2. The Morgan fingerprint density at radius 2 is 2.00 bits per heavy atom. The molecule has 0 fully saturated rings. The maximum Gasteiger partial charge on any atom is 0.0736 e. The van der Waals surface area contributed by atoms with Crippen LogP contribution in [0.15, 0.2) is 18.5 Å². The van der Waals surface area contributed by atoms with Gasteiger partial charge in [0.25, 0.3) is 0 Å². The molecule has 0 aliphatic rings. The summed E-state index contributed by atoms with van der Waals surface area (Å²) in [5, 5.41) is 11.7. The van der Waals surface area contributed by atoms with Crippen molar-refractivity contribution in [3.63, 3.8) is 0 Å². The molecule has 0 radical (unpaired) electrons. The fourth-order valence-electron chi connectivity index (χ4n) is 2.03. The van der Waals surface area contributed by atoms with Gasteiger partial charge in [-0.05, 0) is 13.8 Å². The number of aromatic amines is 1. The Bertz CT molecular complexity index is 617. The first kappa shape index (κ1) is 13.6. The molecule has 4 heteroatoms. The molecule has 0 aromatic carbocycles. The molecular formula is C15H22N4. The van der Waals surface area contributed by atoms with Gasteiger partial charge in [-0.15, -0.1) is 0 Å². The summed E-state index contributed by atoms with van der Waals surface area (Å²) >= 11 is 0. The van der Waals surface area contributed by atoms with Crippen molar-refractivity contribution in [1.82, 2.24) is 20.5 Å². The van der Waals surface area contributed by atoms with E-state index in [1.165, 1.54) is 0 Å². The average Bonchev–Trinajstić information content (AvgIpc) is 2.76. The van der Waals surface area contributed by atoms with Crippen LogP contribution in [-0.2, 0) is 6.54 Å². The molecule has 2 aromatic heterocycles. The summed E-state index contributed by atoms with van der Waals surface area (Å²) in [4.78, 5) is 4.58. The Balaban J connectivity index is 2.31. The molecule has 0 bridgehead atoms. The van der Waals surface area contributed by atoms with E-state index in [0.29, 0.717) is 6.54 Å². The summed E-state index contributed by atoms with van der Waals surface area (Å²) in [6.45, 7) is 15.3. The van der Waals surface area contributed by atoms with Gasteiger partial charge in [-0.1, -0.05) is 27.4 Å². The third kappa shape index (κ3) is 2.62. The molecule has 4 nitrogen and oxygen atoms in total. The zero-order valence-electron chi connectivity index (χ0n) is 12.4. The highest BCUT2D eigenvalue weighted by Gasteiger charge is 2.16. The Morgan fingerprint density at radius 1 is 1.32 bits per heavy atom. The van der Waals surface area contributed by atoms with Crippen molar-refractivity contribution in [2.24, 2.45) is 5.41 Å². The number of nitrogens with one attached hydrogen (secondary N) is 2. The van der Waals surface area contributed by atoms with Crippen LogP contribution < -0.4 is 5.32 Å². The lowest BCUT2D eigenvalue weighted by Crippen LogP contribution is -2.23. The zero-order valence-corrected chi connectivity index (χ0v) is 12.4. The van der Waals surface area contributed by atoms with Crippen molar-refractivity contribution in [2.45, 2.75) is 41.2 Å². The standard InChI is InChI=1S/C15H22N4/c1-9-12(7-16-11(3)15(4,5)6)14-13(8-17-19-14)10(2)18-9/h8,16H,3,7H2,1-2,4-6H3,(H,17,19).